The molecule has 172 valence electrons. The zero-order chi connectivity index (χ0) is 22.1. The zero-order valence-corrected chi connectivity index (χ0v) is 20.1. The Balaban J connectivity index is 1.40. The number of likely N-dealkylation sites (tertiary alicyclic amines) is 1. The maximum Gasteiger partial charge on any atom is 0.310 e. The van der Waals surface area contributed by atoms with Gasteiger partial charge >= 0.3 is 5.97 Å². The van der Waals surface area contributed by atoms with E-state index in [0.29, 0.717) is 18.6 Å². The molecule has 2 saturated carbocycles. The fraction of sp³-hybridized carbons (Fsp3) is 0.920. The van der Waals surface area contributed by atoms with Gasteiger partial charge in [-0.25, -0.2) is 0 Å². The topological polar surface area (TPSA) is 58.6 Å². The van der Waals surface area contributed by atoms with Gasteiger partial charge in [-0.2, -0.15) is 0 Å². The van der Waals surface area contributed by atoms with Gasteiger partial charge in [-0.1, -0.05) is 6.92 Å². The fourth-order valence-electron chi connectivity index (χ4n) is 5.89. The predicted molar refractivity (Wildman–Crippen MR) is 120 cm³/mol. The molecule has 30 heavy (non-hydrogen) atoms. The van der Waals surface area contributed by atoms with Crippen LogP contribution in [0.3, 0.4) is 0 Å². The zero-order valence-electron chi connectivity index (χ0n) is 20.1. The number of carbonyl (C=O) groups excluding carboxylic acids is 2. The van der Waals surface area contributed by atoms with Gasteiger partial charge in [0.2, 0.25) is 5.91 Å². The summed E-state index contributed by atoms with van der Waals surface area (Å²) in [5, 5.41) is 3.30. The lowest BCUT2D eigenvalue weighted by atomic mass is 9.81. The molecular formula is C25H44N2O3. The molecule has 1 amide bonds. The number of nitrogens with one attached hydrogen (secondary N) is 1. The van der Waals surface area contributed by atoms with Crippen molar-refractivity contribution < 1.29 is 14.3 Å². The van der Waals surface area contributed by atoms with E-state index in [1.807, 2.05) is 0 Å². The van der Waals surface area contributed by atoms with E-state index in [1.165, 1.54) is 12.8 Å². The SMILES string of the molecule is CC1CCC(NC(=O)C2CCC(COC(=O)C3CC(C)(C)N(C)C3(C)C)CC2)CC1. The molecule has 1 atom stereocenters. The molecule has 1 heterocycles. The fourth-order valence-corrected chi connectivity index (χ4v) is 5.89. The highest BCUT2D eigenvalue weighted by atomic mass is 16.5. The molecule has 1 aliphatic heterocycles. The normalized spacial score (nSPS) is 36.3. The second kappa shape index (κ2) is 9.18. The van der Waals surface area contributed by atoms with Crippen LogP contribution in [0.4, 0.5) is 0 Å². The van der Waals surface area contributed by atoms with Crippen LogP contribution in [0, 0.1) is 23.7 Å². The number of nitrogens with zero attached hydrogens (tertiary/aromatic N) is 1. The van der Waals surface area contributed by atoms with Crippen molar-refractivity contribution in [3.63, 3.8) is 0 Å². The lowest BCUT2D eigenvalue weighted by Crippen LogP contribution is -2.48. The van der Waals surface area contributed by atoms with Crippen LogP contribution in [-0.4, -0.2) is 47.6 Å². The second-order valence-electron chi connectivity index (χ2n) is 11.6. The Morgan fingerprint density at radius 1 is 0.967 bits per heavy atom. The predicted octanol–water partition coefficient (Wildman–Crippen LogP) is 4.54. The van der Waals surface area contributed by atoms with Gasteiger partial charge in [0.15, 0.2) is 0 Å². The van der Waals surface area contributed by atoms with Crippen molar-refractivity contribution in [3.8, 4) is 0 Å². The number of esters is 1. The van der Waals surface area contributed by atoms with Crippen molar-refractivity contribution in [3.05, 3.63) is 0 Å². The van der Waals surface area contributed by atoms with Gasteiger partial charge in [-0.15, -0.1) is 0 Å². The van der Waals surface area contributed by atoms with Crippen LogP contribution in [0.25, 0.3) is 0 Å². The molecular weight excluding hydrogens is 376 g/mol. The largest absolute Gasteiger partial charge is 0.465 e. The number of amides is 1. The van der Waals surface area contributed by atoms with Crippen LogP contribution in [0.1, 0.15) is 92.4 Å². The number of carbonyl (C=O) groups is 2. The molecule has 0 spiro atoms. The summed E-state index contributed by atoms with van der Waals surface area (Å²) in [6.45, 7) is 11.5. The summed E-state index contributed by atoms with van der Waals surface area (Å²) < 4.78 is 5.80. The van der Waals surface area contributed by atoms with Gasteiger partial charge in [-0.3, -0.25) is 14.5 Å². The second-order valence-corrected chi connectivity index (χ2v) is 11.6. The average molecular weight is 421 g/mol. The summed E-state index contributed by atoms with van der Waals surface area (Å²) in [5.74, 6) is 1.45. The monoisotopic (exact) mass is 420 g/mol. The first-order valence-corrected chi connectivity index (χ1v) is 12.2. The van der Waals surface area contributed by atoms with E-state index >= 15 is 0 Å². The molecule has 0 aromatic carbocycles. The number of rotatable bonds is 5. The van der Waals surface area contributed by atoms with Gasteiger partial charge in [-0.05, 0) is 104 Å². The van der Waals surface area contributed by atoms with Crippen molar-refractivity contribution in [2.45, 2.75) is 110 Å². The highest BCUT2D eigenvalue weighted by Crippen LogP contribution is 2.44. The first-order chi connectivity index (χ1) is 14.0. The molecule has 3 rings (SSSR count). The maximum atomic E-state index is 12.8. The van der Waals surface area contributed by atoms with Gasteiger partial charge in [0, 0.05) is 23.0 Å². The standard InChI is InChI=1S/C25H44N2O3/c1-17-7-13-20(14-8-17)26-22(28)19-11-9-18(10-12-19)16-30-23(29)21-15-24(2,3)27(6)25(21,4)5/h17-21H,7-16H2,1-6H3,(H,26,28). The van der Waals surface area contributed by atoms with Crippen LogP contribution < -0.4 is 5.32 Å². The first kappa shape index (κ1) is 23.6. The molecule has 0 aromatic rings. The highest BCUT2D eigenvalue weighted by molar-refractivity contribution is 5.79. The maximum absolute atomic E-state index is 12.8. The van der Waals surface area contributed by atoms with Crippen LogP contribution in [-0.2, 0) is 14.3 Å². The minimum atomic E-state index is -0.187. The lowest BCUT2D eigenvalue weighted by molar-refractivity contribution is -0.153. The highest BCUT2D eigenvalue weighted by Gasteiger charge is 2.53. The van der Waals surface area contributed by atoms with E-state index in [1.54, 1.807) is 0 Å². The Morgan fingerprint density at radius 3 is 2.10 bits per heavy atom. The Bertz CT molecular complexity index is 614. The molecule has 5 nitrogen and oxygen atoms in total. The molecule has 5 heteroatoms. The third-order valence-corrected chi connectivity index (χ3v) is 8.65. The quantitative estimate of drug-likeness (QED) is 0.664. The molecule has 0 bridgehead atoms. The third-order valence-electron chi connectivity index (χ3n) is 8.65. The van der Waals surface area contributed by atoms with Crippen LogP contribution >= 0.6 is 0 Å². The first-order valence-electron chi connectivity index (χ1n) is 12.2. The number of hydrogen-bond acceptors (Lipinski definition) is 4. The Kier molecular flexibility index (Phi) is 7.21. The number of hydrogen-bond donors (Lipinski definition) is 1. The van der Waals surface area contributed by atoms with Crippen molar-refractivity contribution in [2.24, 2.45) is 23.7 Å². The summed E-state index contributed by atoms with van der Waals surface area (Å²) >= 11 is 0. The summed E-state index contributed by atoms with van der Waals surface area (Å²) in [7, 11) is 2.10. The summed E-state index contributed by atoms with van der Waals surface area (Å²) in [4.78, 5) is 27.8. The van der Waals surface area contributed by atoms with Gasteiger partial charge in [0.25, 0.3) is 0 Å². The van der Waals surface area contributed by atoms with E-state index in [2.05, 4.69) is 51.9 Å². The third kappa shape index (κ3) is 5.20. The van der Waals surface area contributed by atoms with Gasteiger partial charge in [0.1, 0.15) is 0 Å². The molecule has 0 aromatic heterocycles. The molecule has 3 fully saturated rings. The average Bonchev–Trinajstić information content (AvgIpc) is 2.87. The minimum Gasteiger partial charge on any atom is -0.465 e. The van der Waals surface area contributed by atoms with Crippen molar-refractivity contribution in [1.82, 2.24) is 10.2 Å². The van der Waals surface area contributed by atoms with Crippen LogP contribution in [0.2, 0.25) is 0 Å². The van der Waals surface area contributed by atoms with Crippen LogP contribution in [0.15, 0.2) is 0 Å². The van der Waals surface area contributed by atoms with E-state index in [0.717, 1.165) is 50.9 Å². The lowest BCUT2D eigenvalue weighted by Gasteiger charge is -2.38. The Morgan fingerprint density at radius 2 is 1.57 bits per heavy atom. The molecule has 0 radical (unpaired) electrons. The smallest absolute Gasteiger partial charge is 0.310 e. The van der Waals surface area contributed by atoms with E-state index in [9.17, 15) is 9.59 Å². The van der Waals surface area contributed by atoms with Gasteiger partial charge in [0.05, 0.1) is 12.5 Å². The van der Waals surface area contributed by atoms with Crippen molar-refractivity contribution in [2.75, 3.05) is 13.7 Å². The molecule has 2 aliphatic carbocycles. The molecule has 3 aliphatic rings. The van der Waals surface area contributed by atoms with E-state index < -0.39 is 0 Å². The summed E-state index contributed by atoms with van der Waals surface area (Å²) in [6.07, 6.45) is 9.34. The Hall–Kier alpha value is -1.10. The molecule has 1 saturated heterocycles. The minimum absolute atomic E-state index is 0.00891. The van der Waals surface area contributed by atoms with Crippen molar-refractivity contribution in [1.29, 1.82) is 0 Å². The summed E-state index contributed by atoms with van der Waals surface area (Å²) in [5.41, 5.74) is -0.178. The van der Waals surface area contributed by atoms with Crippen LogP contribution in [0.5, 0.6) is 0 Å². The molecule has 1 N–H and O–H groups in total. The van der Waals surface area contributed by atoms with E-state index in [4.69, 9.17) is 4.74 Å². The molecule has 1 unspecified atom stereocenters. The summed E-state index contributed by atoms with van der Waals surface area (Å²) in [6, 6.07) is 0.379. The number of ether oxygens (including phenoxy) is 1. The van der Waals surface area contributed by atoms with Gasteiger partial charge < -0.3 is 10.1 Å². The van der Waals surface area contributed by atoms with E-state index in [-0.39, 0.29) is 34.8 Å². The Labute approximate surface area is 183 Å². The van der Waals surface area contributed by atoms with Crippen molar-refractivity contribution >= 4 is 11.9 Å².